The molecule has 1 aromatic heterocycles. The fourth-order valence-corrected chi connectivity index (χ4v) is 5.31. The first-order valence-corrected chi connectivity index (χ1v) is 11.4. The average molecular weight is 465 g/mol. The second-order valence-electron chi connectivity index (χ2n) is 7.66. The maximum Gasteiger partial charge on any atom is 0.414 e. The molecule has 168 valence electrons. The summed E-state index contributed by atoms with van der Waals surface area (Å²) in [6.45, 7) is 0.130. The van der Waals surface area contributed by atoms with E-state index in [4.69, 9.17) is 9.26 Å². The van der Waals surface area contributed by atoms with Gasteiger partial charge in [0, 0.05) is 17.7 Å². The molecule has 0 bridgehead atoms. The molecular formula is C23H19N3O6S. The Kier molecular flexibility index (Phi) is 5.51. The molecule has 1 aliphatic carbocycles. The minimum atomic E-state index is -1.08. The molecule has 0 saturated carbocycles. The van der Waals surface area contributed by atoms with Crippen LogP contribution in [0.25, 0.3) is 11.1 Å². The molecule has 1 fully saturated rings. The Labute approximate surface area is 192 Å². The number of ether oxygens (including phenoxy) is 1. The molecule has 2 heterocycles. The summed E-state index contributed by atoms with van der Waals surface area (Å²) in [6.07, 6.45) is -0.743. The number of thioether (sulfide) groups is 1. The lowest BCUT2D eigenvalue weighted by molar-refractivity contribution is -0.140. The third-order valence-electron chi connectivity index (χ3n) is 5.73. The van der Waals surface area contributed by atoms with E-state index in [1.807, 2.05) is 36.4 Å². The van der Waals surface area contributed by atoms with Crippen LogP contribution in [0.5, 0.6) is 0 Å². The number of benzene rings is 2. The van der Waals surface area contributed by atoms with Crippen molar-refractivity contribution in [2.45, 2.75) is 12.0 Å². The van der Waals surface area contributed by atoms with Crippen LogP contribution >= 0.6 is 11.8 Å². The third-order valence-corrected chi connectivity index (χ3v) is 6.74. The zero-order chi connectivity index (χ0) is 22.9. The number of amides is 2. The smallest absolute Gasteiger partial charge is 0.414 e. The standard InChI is InChI=1S/C23H19N3O6S/c27-21(26-12-33-11-19(26)22(28)29)18-9-20(32-25-18)24-23(30)31-10-17-15-7-3-1-5-13(15)14-6-2-4-8-16(14)17/h1-9,17,19H,10-12H2,(H,24,30)(H,28,29). The largest absolute Gasteiger partial charge is 0.480 e. The predicted octanol–water partition coefficient (Wildman–Crippen LogP) is 3.64. The summed E-state index contributed by atoms with van der Waals surface area (Å²) in [4.78, 5) is 37.5. The molecule has 33 heavy (non-hydrogen) atoms. The lowest BCUT2D eigenvalue weighted by Crippen LogP contribution is -2.41. The zero-order valence-electron chi connectivity index (χ0n) is 17.3. The Balaban J connectivity index is 1.23. The molecular weight excluding hydrogens is 446 g/mol. The van der Waals surface area contributed by atoms with Crippen molar-refractivity contribution in [2.75, 3.05) is 23.6 Å². The monoisotopic (exact) mass is 465 g/mol. The van der Waals surface area contributed by atoms with Gasteiger partial charge in [0.25, 0.3) is 5.91 Å². The molecule has 1 atom stereocenters. The molecule has 9 nitrogen and oxygen atoms in total. The number of aromatic nitrogens is 1. The van der Waals surface area contributed by atoms with E-state index in [9.17, 15) is 19.5 Å². The van der Waals surface area contributed by atoms with Crippen molar-refractivity contribution in [1.82, 2.24) is 10.1 Å². The number of fused-ring (bicyclic) bond motifs is 3. The highest BCUT2D eigenvalue weighted by atomic mass is 32.2. The molecule has 0 spiro atoms. The molecule has 2 N–H and O–H groups in total. The van der Waals surface area contributed by atoms with Crippen molar-refractivity contribution >= 4 is 35.6 Å². The first-order chi connectivity index (χ1) is 16.0. The van der Waals surface area contributed by atoms with Crippen molar-refractivity contribution in [3.63, 3.8) is 0 Å². The highest BCUT2D eigenvalue weighted by Gasteiger charge is 2.36. The summed E-state index contributed by atoms with van der Waals surface area (Å²) >= 11 is 1.34. The number of carboxylic acid groups (broad SMARTS) is 1. The maximum atomic E-state index is 12.6. The topological polar surface area (TPSA) is 122 Å². The molecule has 5 rings (SSSR count). The number of nitrogens with zero attached hydrogens (tertiary/aromatic N) is 2. The number of hydrogen-bond acceptors (Lipinski definition) is 7. The molecule has 1 unspecified atom stereocenters. The number of carbonyl (C=O) groups excluding carboxylic acids is 2. The summed E-state index contributed by atoms with van der Waals surface area (Å²) in [5.74, 6) is -1.24. The van der Waals surface area contributed by atoms with E-state index >= 15 is 0 Å². The van der Waals surface area contributed by atoms with E-state index in [2.05, 4.69) is 22.6 Å². The zero-order valence-corrected chi connectivity index (χ0v) is 18.1. The fraction of sp³-hybridized carbons (Fsp3) is 0.217. The third kappa shape index (κ3) is 3.93. The van der Waals surface area contributed by atoms with Crippen LogP contribution in [-0.4, -0.2) is 57.4 Å². The second-order valence-corrected chi connectivity index (χ2v) is 8.66. The van der Waals surface area contributed by atoms with Crippen LogP contribution in [0.2, 0.25) is 0 Å². The Morgan fingerprint density at radius 2 is 1.79 bits per heavy atom. The van der Waals surface area contributed by atoms with Gasteiger partial charge in [-0.15, -0.1) is 11.8 Å². The Bertz CT molecular complexity index is 1200. The van der Waals surface area contributed by atoms with E-state index in [1.165, 1.54) is 22.7 Å². The van der Waals surface area contributed by atoms with Gasteiger partial charge in [-0.1, -0.05) is 53.7 Å². The number of carboxylic acids is 1. The van der Waals surface area contributed by atoms with E-state index < -0.39 is 24.0 Å². The molecule has 0 radical (unpaired) electrons. The van der Waals surface area contributed by atoms with E-state index in [0.717, 1.165) is 22.3 Å². The van der Waals surface area contributed by atoms with Crippen molar-refractivity contribution in [3.05, 3.63) is 71.4 Å². The number of rotatable bonds is 5. The van der Waals surface area contributed by atoms with Gasteiger partial charge in [0.1, 0.15) is 12.6 Å². The number of carbonyl (C=O) groups is 3. The normalized spacial score (nSPS) is 16.8. The highest BCUT2D eigenvalue weighted by Crippen LogP contribution is 2.44. The molecule has 2 aliphatic rings. The van der Waals surface area contributed by atoms with Gasteiger partial charge >= 0.3 is 12.1 Å². The van der Waals surface area contributed by atoms with Gasteiger partial charge in [0.05, 0.1) is 5.88 Å². The molecule has 10 heteroatoms. The van der Waals surface area contributed by atoms with Crippen LogP contribution in [-0.2, 0) is 9.53 Å². The number of aliphatic carboxylic acids is 1. The summed E-state index contributed by atoms with van der Waals surface area (Å²) in [6, 6.07) is 16.4. The van der Waals surface area contributed by atoms with Crippen molar-refractivity contribution < 1.29 is 28.8 Å². The van der Waals surface area contributed by atoms with Crippen molar-refractivity contribution in [2.24, 2.45) is 0 Å². The van der Waals surface area contributed by atoms with Crippen LogP contribution in [0.15, 0.2) is 59.1 Å². The number of hydrogen-bond donors (Lipinski definition) is 2. The first-order valence-electron chi connectivity index (χ1n) is 10.2. The summed E-state index contributed by atoms with van der Waals surface area (Å²) < 4.78 is 10.5. The van der Waals surface area contributed by atoms with Crippen LogP contribution in [0.3, 0.4) is 0 Å². The summed E-state index contributed by atoms with van der Waals surface area (Å²) in [5, 5.41) is 15.3. The van der Waals surface area contributed by atoms with E-state index in [-0.39, 0.29) is 30.0 Å². The van der Waals surface area contributed by atoms with Crippen LogP contribution in [0.4, 0.5) is 10.7 Å². The number of nitrogens with one attached hydrogen (secondary N) is 1. The molecule has 2 amide bonds. The van der Waals surface area contributed by atoms with Crippen molar-refractivity contribution in [3.8, 4) is 11.1 Å². The van der Waals surface area contributed by atoms with Crippen LogP contribution < -0.4 is 5.32 Å². The quantitative estimate of drug-likeness (QED) is 0.586. The Morgan fingerprint density at radius 3 is 2.45 bits per heavy atom. The van der Waals surface area contributed by atoms with Gasteiger partial charge < -0.3 is 19.3 Å². The summed E-state index contributed by atoms with van der Waals surface area (Å²) in [5.41, 5.74) is 4.35. The van der Waals surface area contributed by atoms with Gasteiger partial charge in [0.15, 0.2) is 5.69 Å². The molecule has 1 aliphatic heterocycles. The van der Waals surface area contributed by atoms with Crippen molar-refractivity contribution in [1.29, 1.82) is 0 Å². The predicted molar refractivity (Wildman–Crippen MR) is 120 cm³/mol. The minimum absolute atomic E-state index is 0.0608. The molecule has 1 saturated heterocycles. The van der Waals surface area contributed by atoms with Gasteiger partial charge in [-0.05, 0) is 22.3 Å². The lowest BCUT2D eigenvalue weighted by Gasteiger charge is -2.18. The SMILES string of the molecule is O=C(Nc1cc(C(=O)N2CSCC2C(=O)O)no1)OCC1c2ccccc2-c2ccccc21. The minimum Gasteiger partial charge on any atom is -0.480 e. The Hall–Kier alpha value is -3.79. The fourth-order valence-electron chi connectivity index (χ4n) is 4.16. The molecule has 2 aromatic carbocycles. The number of anilines is 1. The van der Waals surface area contributed by atoms with E-state index in [1.54, 1.807) is 0 Å². The van der Waals surface area contributed by atoms with Gasteiger partial charge in [-0.2, -0.15) is 0 Å². The lowest BCUT2D eigenvalue weighted by atomic mass is 9.98. The highest BCUT2D eigenvalue weighted by molar-refractivity contribution is 7.99. The Morgan fingerprint density at radius 1 is 1.12 bits per heavy atom. The summed E-state index contributed by atoms with van der Waals surface area (Å²) in [7, 11) is 0. The second kappa shape index (κ2) is 8.62. The molecule has 3 aromatic rings. The van der Waals surface area contributed by atoms with Crippen LogP contribution in [0.1, 0.15) is 27.5 Å². The first kappa shape index (κ1) is 21.1. The maximum absolute atomic E-state index is 12.6. The van der Waals surface area contributed by atoms with E-state index in [0.29, 0.717) is 5.75 Å². The van der Waals surface area contributed by atoms with Gasteiger partial charge in [-0.3, -0.25) is 10.1 Å². The van der Waals surface area contributed by atoms with Gasteiger partial charge in [-0.25, -0.2) is 9.59 Å². The van der Waals surface area contributed by atoms with Crippen LogP contribution in [0, 0.1) is 0 Å². The van der Waals surface area contributed by atoms with Gasteiger partial charge in [0.2, 0.25) is 5.88 Å². The average Bonchev–Trinajstić information content (AvgIpc) is 3.55.